The van der Waals surface area contributed by atoms with Gasteiger partial charge in [0.05, 0.1) is 0 Å². The molecule has 1 aromatic heterocycles. The summed E-state index contributed by atoms with van der Waals surface area (Å²) in [4.78, 5) is 17.5. The molecule has 92 valence electrons. The Kier molecular flexibility index (Phi) is 2.78. The predicted molar refractivity (Wildman–Crippen MR) is 74.3 cm³/mol. The van der Waals surface area contributed by atoms with Crippen LogP contribution in [-0.2, 0) is 6.42 Å². The van der Waals surface area contributed by atoms with Gasteiger partial charge in [0.1, 0.15) is 10.7 Å². The van der Waals surface area contributed by atoms with Crippen molar-refractivity contribution in [1.29, 1.82) is 0 Å². The lowest BCUT2D eigenvalue weighted by molar-refractivity contribution is 0.0968. The monoisotopic (exact) mass is 257 g/mol. The largest absolute Gasteiger partial charge is 0.292 e. The number of hydrogen-bond acceptors (Lipinski definition) is 3. The highest BCUT2D eigenvalue weighted by Crippen LogP contribution is 2.34. The molecule has 0 amide bonds. The van der Waals surface area contributed by atoms with Gasteiger partial charge < -0.3 is 0 Å². The van der Waals surface area contributed by atoms with Crippen LogP contribution in [0.5, 0.6) is 0 Å². The topological polar surface area (TPSA) is 30.0 Å². The SMILES string of the molecule is Cc1ccc(-c2nc3c(s2)CCCC3=O)c(C)c1. The van der Waals surface area contributed by atoms with Crippen molar-refractivity contribution in [3.05, 3.63) is 39.9 Å². The van der Waals surface area contributed by atoms with Crippen LogP contribution in [0.1, 0.15) is 39.3 Å². The maximum Gasteiger partial charge on any atom is 0.182 e. The van der Waals surface area contributed by atoms with Gasteiger partial charge in [-0.2, -0.15) is 0 Å². The number of carbonyl (C=O) groups is 1. The van der Waals surface area contributed by atoms with Crippen LogP contribution < -0.4 is 0 Å². The van der Waals surface area contributed by atoms with Crippen molar-refractivity contribution in [2.24, 2.45) is 0 Å². The molecule has 0 atom stereocenters. The van der Waals surface area contributed by atoms with Crippen molar-refractivity contribution in [3.8, 4) is 10.6 Å². The van der Waals surface area contributed by atoms with E-state index in [-0.39, 0.29) is 5.78 Å². The van der Waals surface area contributed by atoms with Crippen molar-refractivity contribution >= 4 is 17.1 Å². The molecule has 0 spiro atoms. The highest BCUT2D eigenvalue weighted by molar-refractivity contribution is 7.15. The Morgan fingerprint density at radius 3 is 2.78 bits per heavy atom. The highest BCUT2D eigenvalue weighted by Gasteiger charge is 2.22. The van der Waals surface area contributed by atoms with Crippen LogP contribution in [0, 0.1) is 13.8 Å². The first-order valence-corrected chi connectivity index (χ1v) is 7.07. The minimum atomic E-state index is 0.212. The smallest absolute Gasteiger partial charge is 0.182 e. The molecule has 0 radical (unpaired) electrons. The van der Waals surface area contributed by atoms with E-state index in [2.05, 4.69) is 37.0 Å². The number of rotatable bonds is 1. The van der Waals surface area contributed by atoms with E-state index in [1.807, 2.05) is 0 Å². The second-order valence-electron chi connectivity index (χ2n) is 4.89. The maximum atomic E-state index is 11.8. The van der Waals surface area contributed by atoms with E-state index >= 15 is 0 Å². The molecule has 0 aliphatic heterocycles. The van der Waals surface area contributed by atoms with Crippen LogP contribution in [0.3, 0.4) is 0 Å². The van der Waals surface area contributed by atoms with Gasteiger partial charge in [-0.25, -0.2) is 4.98 Å². The molecule has 1 aliphatic carbocycles. The third-order valence-electron chi connectivity index (χ3n) is 3.38. The number of hydrogen-bond donors (Lipinski definition) is 0. The predicted octanol–water partition coefficient (Wildman–Crippen LogP) is 3.95. The van der Waals surface area contributed by atoms with Crippen molar-refractivity contribution in [2.75, 3.05) is 0 Å². The number of aromatic nitrogens is 1. The molecule has 0 unspecified atom stereocenters. The first-order chi connectivity index (χ1) is 8.65. The van der Waals surface area contributed by atoms with Gasteiger partial charge in [-0.05, 0) is 32.3 Å². The van der Waals surface area contributed by atoms with Gasteiger partial charge in [0.25, 0.3) is 0 Å². The third kappa shape index (κ3) is 1.89. The molecule has 1 aliphatic rings. The molecule has 0 N–H and O–H groups in total. The molecule has 3 rings (SSSR count). The normalized spacial score (nSPS) is 14.7. The molecule has 0 bridgehead atoms. The average molecular weight is 257 g/mol. The second-order valence-corrected chi connectivity index (χ2v) is 5.97. The molecule has 2 aromatic rings. The van der Waals surface area contributed by atoms with E-state index in [0.717, 1.165) is 29.1 Å². The van der Waals surface area contributed by atoms with E-state index in [1.54, 1.807) is 11.3 Å². The third-order valence-corrected chi connectivity index (χ3v) is 4.53. The Hall–Kier alpha value is -1.48. The number of Topliss-reactive ketones (excluding diaryl/α,β-unsaturated/α-hetero) is 1. The van der Waals surface area contributed by atoms with Crippen LogP contribution in [0.2, 0.25) is 0 Å². The van der Waals surface area contributed by atoms with Crippen LogP contribution in [0.25, 0.3) is 10.6 Å². The maximum absolute atomic E-state index is 11.8. The Balaban J connectivity index is 2.10. The summed E-state index contributed by atoms with van der Waals surface area (Å²) in [6, 6.07) is 6.38. The van der Waals surface area contributed by atoms with Gasteiger partial charge >= 0.3 is 0 Å². The summed E-state index contributed by atoms with van der Waals surface area (Å²) in [5.74, 6) is 0.212. The summed E-state index contributed by atoms with van der Waals surface area (Å²) in [7, 11) is 0. The Bertz CT molecular complexity index is 627. The number of nitrogens with zero attached hydrogens (tertiary/aromatic N) is 1. The van der Waals surface area contributed by atoms with Crippen molar-refractivity contribution in [3.63, 3.8) is 0 Å². The summed E-state index contributed by atoms with van der Waals surface area (Å²) in [6.07, 6.45) is 2.63. The van der Waals surface area contributed by atoms with Gasteiger partial charge in [0.15, 0.2) is 5.78 Å². The zero-order chi connectivity index (χ0) is 12.7. The van der Waals surface area contributed by atoms with E-state index in [4.69, 9.17) is 0 Å². The van der Waals surface area contributed by atoms with Crippen LogP contribution in [0.4, 0.5) is 0 Å². The van der Waals surface area contributed by atoms with Crippen LogP contribution >= 0.6 is 11.3 Å². The number of fused-ring (bicyclic) bond motifs is 1. The fourth-order valence-corrected chi connectivity index (χ4v) is 3.65. The first kappa shape index (κ1) is 11.6. The van der Waals surface area contributed by atoms with E-state index in [1.165, 1.54) is 16.0 Å². The molecule has 3 heteroatoms. The second kappa shape index (κ2) is 4.32. The Labute approximate surface area is 111 Å². The molecule has 1 aromatic carbocycles. The summed E-state index contributed by atoms with van der Waals surface area (Å²) in [6.45, 7) is 4.19. The van der Waals surface area contributed by atoms with Crippen molar-refractivity contribution in [2.45, 2.75) is 33.1 Å². The van der Waals surface area contributed by atoms with Gasteiger partial charge in [-0.1, -0.05) is 23.8 Å². The molecular formula is C15H15NOS. The van der Waals surface area contributed by atoms with Gasteiger partial charge in [0.2, 0.25) is 0 Å². The number of ketones is 1. The lowest BCUT2D eigenvalue weighted by atomic mass is 10.0. The molecule has 0 saturated heterocycles. The minimum absolute atomic E-state index is 0.212. The molecule has 1 heterocycles. The quantitative estimate of drug-likeness (QED) is 0.774. The Morgan fingerprint density at radius 1 is 1.22 bits per heavy atom. The van der Waals surface area contributed by atoms with Crippen LogP contribution in [0.15, 0.2) is 18.2 Å². The van der Waals surface area contributed by atoms with Gasteiger partial charge in [-0.3, -0.25) is 4.79 Å². The number of thiazole rings is 1. The first-order valence-electron chi connectivity index (χ1n) is 6.25. The molecule has 0 fully saturated rings. The van der Waals surface area contributed by atoms with Gasteiger partial charge in [-0.15, -0.1) is 11.3 Å². The fraction of sp³-hybridized carbons (Fsp3) is 0.333. The standard InChI is InChI=1S/C15H15NOS/c1-9-6-7-11(10(2)8-9)15-16-14-12(17)4-3-5-13(14)18-15/h6-8H,3-5H2,1-2H3. The summed E-state index contributed by atoms with van der Waals surface area (Å²) in [5, 5.41) is 0.993. The average Bonchev–Trinajstić information content (AvgIpc) is 2.74. The highest BCUT2D eigenvalue weighted by atomic mass is 32.1. The molecule has 0 saturated carbocycles. The zero-order valence-electron chi connectivity index (χ0n) is 10.6. The summed E-state index contributed by atoms with van der Waals surface area (Å²) in [5.41, 5.74) is 4.37. The fourth-order valence-electron chi connectivity index (χ4n) is 2.44. The summed E-state index contributed by atoms with van der Waals surface area (Å²) < 4.78 is 0. The number of aryl methyl sites for hydroxylation is 3. The van der Waals surface area contributed by atoms with E-state index in [9.17, 15) is 4.79 Å². The van der Waals surface area contributed by atoms with E-state index < -0.39 is 0 Å². The van der Waals surface area contributed by atoms with E-state index in [0.29, 0.717) is 6.42 Å². The van der Waals surface area contributed by atoms with Crippen molar-refractivity contribution in [1.82, 2.24) is 4.98 Å². The lowest BCUT2D eigenvalue weighted by Gasteiger charge is -2.06. The van der Waals surface area contributed by atoms with Crippen LogP contribution in [-0.4, -0.2) is 10.8 Å². The number of carbonyl (C=O) groups excluding carboxylic acids is 1. The Morgan fingerprint density at radius 2 is 2.06 bits per heavy atom. The minimum Gasteiger partial charge on any atom is -0.292 e. The number of benzene rings is 1. The summed E-state index contributed by atoms with van der Waals surface area (Å²) >= 11 is 1.68. The van der Waals surface area contributed by atoms with Gasteiger partial charge in [0, 0.05) is 16.9 Å². The lowest BCUT2D eigenvalue weighted by Crippen LogP contribution is -2.08. The molecule has 2 nitrogen and oxygen atoms in total. The van der Waals surface area contributed by atoms with Crippen molar-refractivity contribution < 1.29 is 4.79 Å². The molecular weight excluding hydrogens is 242 g/mol. The molecule has 18 heavy (non-hydrogen) atoms. The zero-order valence-corrected chi connectivity index (χ0v) is 11.4.